The molecule has 0 spiro atoms. The Morgan fingerprint density at radius 3 is 2.21 bits per heavy atom. The molecule has 0 unspecified atom stereocenters. The van der Waals surface area contributed by atoms with Crippen molar-refractivity contribution >= 4 is 30.2 Å². The zero-order valence-corrected chi connectivity index (χ0v) is 26.2. The molecular formula is C32H48BN5O5. The Bertz CT molecular complexity index is 1270. The summed E-state index contributed by atoms with van der Waals surface area (Å²) in [4.78, 5) is 41.0. The number of hydrogen-bond donors (Lipinski definition) is 5. The third-order valence-electron chi connectivity index (χ3n) is 7.94. The molecule has 0 saturated heterocycles. The average Bonchev–Trinajstić information content (AvgIpc) is 3.17. The Kier molecular flexibility index (Phi) is 11.7. The van der Waals surface area contributed by atoms with Crippen LogP contribution in [0.4, 0.5) is 0 Å². The smallest absolute Gasteiger partial charge is 0.423 e. The molecule has 0 saturated carbocycles. The first-order chi connectivity index (χ1) is 20.2. The van der Waals surface area contributed by atoms with E-state index >= 15 is 0 Å². The molecule has 0 bridgehead atoms. The topological polar surface area (TPSA) is 174 Å². The van der Waals surface area contributed by atoms with Crippen molar-refractivity contribution in [3.05, 3.63) is 64.7 Å². The van der Waals surface area contributed by atoms with Crippen LogP contribution >= 0.6 is 0 Å². The number of Topliss-reactive ketones (excluding diaryl/α,β-unsaturated/α-hetero) is 1. The number of benzene rings is 2. The number of fused-ring (bicyclic) bond motifs is 1. The van der Waals surface area contributed by atoms with Gasteiger partial charge in [-0.05, 0) is 59.8 Å². The van der Waals surface area contributed by atoms with Gasteiger partial charge in [0.25, 0.3) is 0 Å². The zero-order valence-electron chi connectivity index (χ0n) is 26.2. The highest BCUT2D eigenvalue weighted by atomic mass is 16.5. The summed E-state index contributed by atoms with van der Waals surface area (Å²) >= 11 is 0. The van der Waals surface area contributed by atoms with Gasteiger partial charge in [0.1, 0.15) is 0 Å². The summed E-state index contributed by atoms with van der Waals surface area (Å²) in [6.45, 7) is 11.5. The van der Waals surface area contributed by atoms with Gasteiger partial charge in [-0.3, -0.25) is 14.4 Å². The molecule has 0 aliphatic carbocycles. The Hall–Kier alpha value is -3.09. The van der Waals surface area contributed by atoms with Gasteiger partial charge in [0.2, 0.25) is 11.8 Å². The monoisotopic (exact) mass is 593 g/mol. The number of rotatable bonds is 14. The minimum atomic E-state index is -1.07. The van der Waals surface area contributed by atoms with Crippen molar-refractivity contribution in [3.63, 3.8) is 0 Å². The lowest BCUT2D eigenvalue weighted by Gasteiger charge is -2.23. The summed E-state index contributed by atoms with van der Waals surface area (Å²) in [5.74, 6) is -0.862. The van der Waals surface area contributed by atoms with Crippen molar-refractivity contribution in [1.82, 2.24) is 10.2 Å². The lowest BCUT2D eigenvalue weighted by Crippen LogP contribution is -2.50. The maximum atomic E-state index is 13.7. The molecule has 0 aromatic heterocycles. The number of nitrogens with zero attached hydrogens (tertiary/aromatic N) is 1. The van der Waals surface area contributed by atoms with Crippen LogP contribution in [0, 0.1) is 0 Å². The number of carbonyl (C=O) groups excluding carboxylic acids is 3. The van der Waals surface area contributed by atoms with Crippen LogP contribution in [0.3, 0.4) is 0 Å². The van der Waals surface area contributed by atoms with E-state index in [1.165, 1.54) is 0 Å². The molecule has 10 nitrogen and oxygen atoms in total. The summed E-state index contributed by atoms with van der Waals surface area (Å²) < 4.78 is 5.66. The summed E-state index contributed by atoms with van der Waals surface area (Å²) in [5.41, 5.74) is 21.0. The molecule has 1 aliphatic rings. The fraction of sp³-hybridized carbons (Fsp3) is 0.531. The molecule has 234 valence electrons. The lowest BCUT2D eigenvalue weighted by molar-refractivity contribution is -0.132. The molecule has 1 heterocycles. The molecule has 2 atom stereocenters. The Morgan fingerprint density at radius 2 is 1.63 bits per heavy atom. The summed E-state index contributed by atoms with van der Waals surface area (Å²) in [5, 5.41) is 13.3. The van der Waals surface area contributed by atoms with Gasteiger partial charge in [0, 0.05) is 39.0 Å². The van der Waals surface area contributed by atoms with Crippen LogP contribution in [0.1, 0.15) is 69.7 Å². The standard InChI is InChI=1S/C32H48BN5O5/c1-31(2,3)23-9-6-21(7-10-23)19-27(37-30(41)26(36)12-13-29(40)38(16-14-34)17-15-35)28(39)20-22-8-11-24-25(18-22)33(42)43-32(24,4)5/h6-11,18,26-27,42H,12-17,19-20,34-36H2,1-5H3,(H,37,41)/t26-,27+/m0/s1. The average molecular weight is 594 g/mol. The van der Waals surface area contributed by atoms with Gasteiger partial charge in [-0.25, -0.2) is 0 Å². The van der Waals surface area contributed by atoms with E-state index in [0.717, 1.165) is 16.7 Å². The van der Waals surface area contributed by atoms with E-state index in [-0.39, 0.29) is 42.8 Å². The fourth-order valence-corrected chi connectivity index (χ4v) is 5.35. The predicted molar refractivity (Wildman–Crippen MR) is 170 cm³/mol. The van der Waals surface area contributed by atoms with Crippen LogP contribution in [-0.4, -0.2) is 72.9 Å². The van der Waals surface area contributed by atoms with Crippen LogP contribution < -0.4 is 28.0 Å². The van der Waals surface area contributed by atoms with Crippen LogP contribution in [-0.2, 0) is 42.9 Å². The number of hydrogen-bond acceptors (Lipinski definition) is 8. The molecule has 0 radical (unpaired) electrons. The van der Waals surface area contributed by atoms with E-state index in [1.807, 2.05) is 50.2 Å². The third-order valence-corrected chi connectivity index (χ3v) is 7.94. The van der Waals surface area contributed by atoms with Gasteiger partial charge >= 0.3 is 7.12 Å². The van der Waals surface area contributed by atoms with E-state index in [9.17, 15) is 19.4 Å². The minimum Gasteiger partial charge on any atom is -0.423 e. The first-order valence-electron chi connectivity index (χ1n) is 15.0. The quantitative estimate of drug-likeness (QED) is 0.198. The van der Waals surface area contributed by atoms with Crippen molar-refractivity contribution in [2.45, 2.75) is 83.4 Å². The molecule has 0 fully saturated rings. The normalized spacial score (nSPS) is 15.5. The summed E-state index contributed by atoms with van der Waals surface area (Å²) in [6, 6.07) is 11.7. The second kappa shape index (κ2) is 14.6. The molecule has 11 heteroatoms. The highest BCUT2D eigenvalue weighted by Gasteiger charge is 2.40. The van der Waals surface area contributed by atoms with Crippen LogP contribution in [0.2, 0.25) is 0 Å². The van der Waals surface area contributed by atoms with Crippen LogP contribution in [0.15, 0.2) is 42.5 Å². The van der Waals surface area contributed by atoms with Gasteiger partial charge in [-0.2, -0.15) is 0 Å². The Labute approximate surface area is 255 Å². The Balaban J connectivity index is 1.75. The number of carbonyl (C=O) groups is 3. The number of amides is 2. The highest BCUT2D eigenvalue weighted by Crippen LogP contribution is 2.30. The SMILES string of the molecule is CC(C)(C)c1ccc(C[C@@H](NC(=O)[C@@H](N)CCC(=O)N(CCN)CCN)C(=O)Cc2ccc3c(c2)B(O)OC3(C)C)cc1. The van der Waals surface area contributed by atoms with Crippen molar-refractivity contribution in [2.75, 3.05) is 26.2 Å². The van der Waals surface area contributed by atoms with Gasteiger partial charge < -0.3 is 37.1 Å². The van der Waals surface area contributed by atoms with E-state index in [4.69, 9.17) is 21.9 Å². The molecular weight excluding hydrogens is 545 g/mol. The largest absolute Gasteiger partial charge is 0.492 e. The molecule has 1 aliphatic heterocycles. The number of nitrogens with one attached hydrogen (secondary N) is 1. The van der Waals surface area contributed by atoms with Crippen molar-refractivity contribution in [2.24, 2.45) is 17.2 Å². The molecule has 43 heavy (non-hydrogen) atoms. The molecule has 3 rings (SSSR count). The van der Waals surface area contributed by atoms with Crippen molar-refractivity contribution in [3.8, 4) is 0 Å². The van der Waals surface area contributed by atoms with Gasteiger partial charge in [0.05, 0.1) is 17.7 Å². The maximum Gasteiger partial charge on any atom is 0.492 e. The zero-order chi connectivity index (χ0) is 31.9. The first kappa shape index (κ1) is 34.4. The van der Waals surface area contributed by atoms with Crippen molar-refractivity contribution < 1.29 is 24.1 Å². The maximum absolute atomic E-state index is 13.7. The van der Waals surface area contributed by atoms with Gasteiger partial charge in [-0.1, -0.05) is 63.2 Å². The molecule has 2 amide bonds. The number of nitrogens with two attached hydrogens (primary N) is 3. The van der Waals surface area contributed by atoms with Crippen LogP contribution in [0.5, 0.6) is 0 Å². The van der Waals surface area contributed by atoms with E-state index < -0.39 is 30.7 Å². The fourth-order valence-electron chi connectivity index (χ4n) is 5.35. The van der Waals surface area contributed by atoms with Gasteiger partial charge in [-0.15, -0.1) is 0 Å². The third kappa shape index (κ3) is 9.20. The predicted octanol–water partition coefficient (Wildman–Crippen LogP) is 0.630. The summed E-state index contributed by atoms with van der Waals surface area (Å²) in [7, 11) is -1.07. The molecule has 2 aromatic carbocycles. The van der Waals surface area contributed by atoms with E-state index in [0.29, 0.717) is 37.2 Å². The van der Waals surface area contributed by atoms with E-state index in [2.05, 4.69) is 26.1 Å². The van der Waals surface area contributed by atoms with Gasteiger partial charge in [0.15, 0.2) is 5.78 Å². The lowest BCUT2D eigenvalue weighted by atomic mass is 9.77. The molecule has 8 N–H and O–H groups in total. The van der Waals surface area contributed by atoms with E-state index in [1.54, 1.807) is 11.0 Å². The summed E-state index contributed by atoms with van der Waals surface area (Å²) in [6.07, 6.45) is 0.519. The highest BCUT2D eigenvalue weighted by molar-refractivity contribution is 6.62. The first-order valence-corrected chi connectivity index (χ1v) is 15.0. The van der Waals surface area contributed by atoms with Crippen molar-refractivity contribution in [1.29, 1.82) is 0 Å². The minimum absolute atomic E-state index is 0.0214. The Morgan fingerprint density at radius 1 is 1.02 bits per heavy atom. The van der Waals surface area contributed by atoms with Crippen LogP contribution in [0.25, 0.3) is 0 Å². The second-order valence-corrected chi connectivity index (χ2v) is 12.9. The second-order valence-electron chi connectivity index (χ2n) is 12.9. The number of ketones is 1. The molecule has 2 aromatic rings.